The molecule has 134 valence electrons. The van der Waals surface area contributed by atoms with Gasteiger partial charge in [0, 0.05) is 11.3 Å². The molecule has 0 fully saturated rings. The van der Waals surface area contributed by atoms with Crippen molar-refractivity contribution in [3.8, 4) is 11.5 Å². The molecule has 0 aliphatic carbocycles. The Bertz CT molecular complexity index is 759. The van der Waals surface area contributed by atoms with Crippen LogP contribution in [-0.2, 0) is 6.42 Å². The maximum atomic E-state index is 12.8. The number of amides is 1. The van der Waals surface area contributed by atoms with Gasteiger partial charge in [0.1, 0.15) is 0 Å². The number of carbonyl (C=O) groups excluding carboxylic acids is 1. The Morgan fingerprint density at radius 2 is 1.84 bits per heavy atom. The van der Waals surface area contributed by atoms with Gasteiger partial charge in [-0.3, -0.25) is 4.79 Å². The molecule has 0 aliphatic rings. The summed E-state index contributed by atoms with van der Waals surface area (Å²) in [6, 6.07) is 9.62. The lowest BCUT2D eigenvalue weighted by Crippen LogP contribution is -2.15. The fourth-order valence-corrected chi connectivity index (χ4v) is 3.39. The molecule has 0 aliphatic heterocycles. The number of ether oxygens (including phenoxy) is 2. The predicted molar refractivity (Wildman–Crippen MR) is 110 cm³/mol. The highest BCUT2D eigenvalue weighted by atomic mass is 127. The van der Waals surface area contributed by atoms with Gasteiger partial charge in [-0.25, -0.2) is 0 Å². The van der Waals surface area contributed by atoms with Crippen LogP contribution in [0, 0.1) is 10.5 Å². The van der Waals surface area contributed by atoms with Crippen LogP contribution in [-0.4, -0.2) is 19.1 Å². The first-order valence-electron chi connectivity index (χ1n) is 8.50. The number of rotatable bonds is 7. The van der Waals surface area contributed by atoms with Crippen molar-refractivity contribution in [2.45, 2.75) is 34.1 Å². The topological polar surface area (TPSA) is 47.6 Å². The summed E-state index contributed by atoms with van der Waals surface area (Å²) >= 11 is 2.17. The van der Waals surface area contributed by atoms with E-state index >= 15 is 0 Å². The Balaban J connectivity index is 2.37. The summed E-state index contributed by atoms with van der Waals surface area (Å²) in [7, 11) is 0. The van der Waals surface area contributed by atoms with E-state index in [2.05, 4.69) is 34.8 Å². The zero-order valence-electron chi connectivity index (χ0n) is 15.1. The zero-order chi connectivity index (χ0) is 18.4. The van der Waals surface area contributed by atoms with Crippen LogP contribution >= 0.6 is 22.6 Å². The number of aryl methyl sites for hydroxylation is 2. The van der Waals surface area contributed by atoms with E-state index in [4.69, 9.17) is 9.47 Å². The molecular formula is C20H24INO3. The average Bonchev–Trinajstić information content (AvgIpc) is 2.59. The third kappa shape index (κ3) is 4.66. The first-order valence-corrected chi connectivity index (χ1v) is 9.58. The lowest BCUT2D eigenvalue weighted by Gasteiger charge is -2.16. The first-order chi connectivity index (χ1) is 12.0. The minimum Gasteiger partial charge on any atom is -0.490 e. The number of nitrogens with one attached hydrogen (secondary N) is 1. The fourth-order valence-electron chi connectivity index (χ4n) is 2.63. The SMILES string of the molecule is CCOc1cc(C(=O)Nc2c(C)cccc2CC)cc(I)c1OCC. The molecule has 0 heterocycles. The van der Waals surface area contributed by atoms with Gasteiger partial charge in [0.05, 0.1) is 16.8 Å². The summed E-state index contributed by atoms with van der Waals surface area (Å²) in [4.78, 5) is 12.8. The van der Waals surface area contributed by atoms with Crippen LogP contribution in [0.1, 0.15) is 42.3 Å². The van der Waals surface area contributed by atoms with Gasteiger partial charge in [-0.1, -0.05) is 25.1 Å². The maximum Gasteiger partial charge on any atom is 0.255 e. The molecule has 5 heteroatoms. The Kier molecular flexibility index (Phi) is 7.11. The summed E-state index contributed by atoms with van der Waals surface area (Å²) in [6.07, 6.45) is 0.863. The normalized spacial score (nSPS) is 10.4. The van der Waals surface area contributed by atoms with Gasteiger partial charge in [-0.05, 0) is 73.0 Å². The highest BCUT2D eigenvalue weighted by Crippen LogP contribution is 2.34. The number of halogens is 1. The minimum absolute atomic E-state index is 0.147. The number of carbonyl (C=O) groups is 1. The Morgan fingerprint density at radius 1 is 1.12 bits per heavy atom. The second-order valence-corrected chi connectivity index (χ2v) is 6.73. The summed E-state index contributed by atoms with van der Waals surface area (Å²) in [5, 5.41) is 3.06. The highest BCUT2D eigenvalue weighted by molar-refractivity contribution is 14.1. The number of anilines is 1. The second kappa shape index (κ2) is 9.08. The van der Waals surface area contributed by atoms with Crippen molar-refractivity contribution in [3.63, 3.8) is 0 Å². The Labute approximate surface area is 163 Å². The monoisotopic (exact) mass is 453 g/mol. The number of para-hydroxylation sites is 1. The standard InChI is InChI=1S/C20H24INO3/c1-5-14-10-8-9-13(4)18(14)22-20(23)15-11-16(21)19(25-7-3)17(12-15)24-6-2/h8-12H,5-7H2,1-4H3,(H,22,23). The summed E-state index contributed by atoms with van der Waals surface area (Å²) < 4.78 is 12.2. The molecule has 0 aromatic heterocycles. The van der Waals surface area contributed by atoms with Crippen molar-refractivity contribution >= 4 is 34.2 Å². The summed E-state index contributed by atoms with van der Waals surface area (Å²) in [5.41, 5.74) is 3.62. The molecule has 2 aromatic carbocycles. The van der Waals surface area contributed by atoms with Crippen molar-refractivity contribution < 1.29 is 14.3 Å². The lowest BCUT2D eigenvalue weighted by molar-refractivity contribution is 0.102. The second-order valence-electron chi connectivity index (χ2n) is 5.57. The van der Waals surface area contributed by atoms with Crippen molar-refractivity contribution in [3.05, 3.63) is 50.6 Å². The molecule has 0 radical (unpaired) electrons. The largest absolute Gasteiger partial charge is 0.490 e. The van der Waals surface area contributed by atoms with Gasteiger partial charge in [0.2, 0.25) is 0 Å². The van der Waals surface area contributed by atoms with Crippen molar-refractivity contribution in [1.29, 1.82) is 0 Å². The van der Waals surface area contributed by atoms with Gasteiger partial charge in [0.25, 0.3) is 5.91 Å². The van der Waals surface area contributed by atoms with E-state index in [1.807, 2.05) is 45.0 Å². The van der Waals surface area contributed by atoms with Crippen LogP contribution in [0.5, 0.6) is 11.5 Å². The lowest BCUT2D eigenvalue weighted by atomic mass is 10.1. The van der Waals surface area contributed by atoms with Gasteiger partial charge < -0.3 is 14.8 Å². The van der Waals surface area contributed by atoms with Crippen molar-refractivity contribution in [2.24, 2.45) is 0 Å². The van der Waals surface area contributed by atoms with E-state index in [-0.39, 0.29) is 5.91 Å². The van der Waals surface area contributed by atoms with Crippen LogP contribution in [0.4, 0.5) is 5.69 Å². The average molecular weight is 453 g/mol. The molecule has 0 bridgehead atoms. The Morgan fingerprint density at radius 3 is 2.48 bits per heavy atom. The van der Waals surface area contributed by atoms with Crippen LogP contribution in [0.15, 0.2) is 30.3 Å². The third-order valence-electron chi connectivity index (χ3n) is 3.84. The smallest absolute Gasteiger partial charge is 0.255 e. The van der Waals surface area contributed by atoms with Crippen LogP contribution < -0.4 is 14.8 Å². The molecule has 1 amide bonds. The molecule has 0 saturated carbocycles. The van der Waals surface area contributed by atoms with E-state index in [0.29, 0.717) is 30.3 Å². The van der Waals surface area contributed by atoms with Crippen LogP contribution in [0.3, 0.4) is 0 Å². The quantitative estimate of drug-likeness (QED) is 0.586. The molecule has 2 aromatic rings. The molecule has 0 atom stereocenters. The van der Waals surface area contributed by atoms with E-state index in [1.165, 1.54) is 0 Å². The number of benzene rings is 2. The summed E-state index contributed by atoms with van der Waals surface area (Å²) in [6.45, 7) is 8.98. The van der Waals surface area contributed by atoms with Crippen molar-refractivity contribution in [1.82, 2.24) is 0 Å². The van der Waals surface area contributed by atoms with Gasteiger partial charge in [-0.2, -0.15) is 0 Å². The molecule has 2 rings (SSSR count). The zero-order valence-corrected chi connectivity index (χ0v) is 17.3. The number of hydrogen-bond donors (Lipinski definition) is 1. The molecule has 25 heavy (non-hydrogen) atoms. The Hall–Kier alpha value is -1.76. The van der Waals surface area contributed by atoms with Gasteiger partial charge in [-0.15, -0.1) is 0 Å². The van der Waals surface area contributed by atoms with Gasteiger partial charge in [0.15, 0.2) is 11.5 Å². The maximum absolute atomic E-state index is 12.8. The fraction of sp³-hybridized carbons (Fsp3) is 0.350. The minimum atomic E-state index is -0.147. The summed E-state index contributed by atoms with van der Waals surface area (Å²) in [5.74, 6) is 1.14. The molecule has 1 N–H and O–H groups in total. The van der Waals surface area contributed by atoms with E-state index in [0.717, 1.165) is 26.8 Å². The van der Waals surface area contributed by atoms with E-state index in [9.17, 15) is 4.79 Å². The van der Waals surface area contributed by atoms with E-state index < -0.39 is 0 Å². The number of hydrogen-bond acceptors (Lipinski definition) is 3. The molecular weight excluding hydrogens is 429 g/mol. The van der Waals surface area contributed by atoms with Gasteiger partial charge >= 0.3 is 0 Å². The molecule has 4 nitrogen and oxygen atoms in total. The van der Waals surface area contributed by atoms with Crippen LogP contribution in [0.2, 0.25) is 0 Å². The predicted octanol–water partition coefficient (Wildman–Crippen LogP) is 5.21. The molecule has 0 spiro atoms. The van der Waals surface area contributed by atoms with Crippen LogP contribution in [0.25, 0.3) is 0 Å². The molecule has 0 unspecified atom stereocenters. The van der Waals surface area contributed by atoms with E-state index in [1.54, 1.807) is 6.07 Å². The van der Waals surface area contributed by atoms with Crippen molar-refractivity contribution in [2.75, 3.05) is 18.5 Å². The highest BCUT2D eigenvalue weighted by Gasteiger charge is 2.17. The third-order valence-corrected chi connectivity index (χ3v) is 4.64. The first kappa shape index (κ1) is 19.6. The molecule has 0 saturated heterocycles.